The smallest absolute Gasteiger partial charge is 0.134 e. The fourth-order valence-corrected chi connectivity index (χ4v) is 4.38. The van der Waals surface area contributed by atoms with Crippen LogP contribution >= 0.6 is 0 Å². The van der Waals surface area contributed by atoms with Gasteiger partial charge in [0, 0.05) is 0 Å². The van der Waals surface area contributed by atoms with Crippen LogP contribution in [-0.4, -0.2) is 5.11 Å². The minimum absolute atomic E-state index is 0.00449. The van der Waals surface area contributed by atoms with Crippen molar-refractivity contribution in [1.82, 2.24) is 0 Å². The SMILES string of the molecule is Cc1ccc(F)c(C(O)C2CCC3CCCCC3C2)c1F. The lowest BCUT2D eigenvalue weighted by molar-refractivity contribution is 0.0309. The van der Waals surface area contributed by atoms with E-state index in [2.05, 4.69) is 0 Å². The molecule has 116 valence electrons. The molecule has 0 radical (unpaired) electrons. The van der Waals surface area contributed by atoms with Gasteiger partial charge in [-0.2, -0.15) is 0 Å². The lowest BCUT2D eigenvalue weighted by atomic mass is 9.66. The second-order valence-corrected chi connectivity index (χ2v) is 6.91. The third-order valence-corrected chi connectivity index (χ3v) is 5.64. The molecule has 2 aliphatic carbocycles. The molecule has 0 amide bonds. The average molecular weight is 294 g/mol. The number of hydrogen-bond acceptors (Lipinski definition) is 1. The summed E-state index contributed by atoms with van der Waals surface area (Å²) in [5.74, 6) is 0.220. The number of halogens is 2. The highest BCUT2D eigenvalue weighted by Gasteiger charge is 2.37. The van der Waals surface area contributed by atoms with Crippen molar-refractivity contribution in [2.45, 2.75) is 58.0 Å². The molecule has 21 heavy (non-hydrogen) atoms. The van der Waals surface area contributed by atoms with Crippen molar-refractivity contribution in [3.8, 4) is 0 Å². The first-order valence-electron chi connectivity index (χ1n) is 8.20. The second kappa shape index (κ2) is 6.04. The summed E-state index contributed by atoms with van der Waals surface area (Å²) < 4.78 is 28.2. The van der Waals surface area contributed by atoms with Gasteiger partial charge >= 0.3 is 0 Å². The van der Waals surface area contributed by atoms with Crippen molar-refractivity contribution < 1.29 is 13.9 Å². The van der Waals surface area contributed by atoms with Crippen molar-refractivity contribution in [2.24, 2.45) is 17.8 Å². The van der Waals surface area contributed by atoms with Crippen molar-refractivity contribution in [2.75, 3.05) is 0 Å². The summed E-state index contributed by atoms with van der Waals surface area (Å²) in [6, 6.07) is 2.70. The summed E-state index contributed by atoms with van der Waals surface area (Å²) in [6.45, 7) is 1.61. The summed E-state index contributed by atoms with van der Waals surface area (Å²) in [6.07, 6.45) is 6.97. The standard InChI is InChI=1S/C18H24F2O/c1-11-6-9-15(19)16(17(11)20)18(21)14-8-7-12-4-2-3-5-13(12)10-14/h6,9,12-14,18,21H,2-5,7-8,10H2,1H3. The van der Waals surface area contributed by atoms with Crippen LogP contribution in [0.4, 0.5) is 8.78 Å². The van der Waals surface area contributed by atoms with Gasteiger partial charge in [0.05, 0.1) is 11.7 Å². The highest BCUT2D eigenvalue weighted by atomic mass is 19.1. The monoisotopic (exact) mass is 294 g/mol. The lowest BCUT2D eigenvalue weighted by Crippen LogP contribution is -2.31. The summed E-state index contributed by atoms with van der Waals surface area (Å²) in [5.41, 5.74) is 0.283. The van der Waals surface area contributed by atoms with Crippen LogP contribution < -0.4 is 0 Å². The van der Waals surface area contributed by atoms with E-state index in [0.717, 1.165) is 25.2 Å². The highest BCUT2D eigenvalue weighted by Crippen LogP contribution is 2.46. The van der Waals surface area contributed by atoms with Crippen LogP contribution in [-0.2, 0) is 0 Å². The average Bonchev–Trinajstić information content (AvgIpc) is 2.51. The Morgan fingerprint density at radius 2 is 1.76 bits per heavy atom. The Labute approximate surface area is 125 Å². The molecule has 0 saturated heterocycles. The van der Waals surface area contributed by atoms with E-state index in [9.17, 15) is 13.9 Å². The zero-order valence-electron chi connectivity index (χ0n) is 12.6. The molecule has 1 aromatic carbocycles. The van der Waals surface area contributed by atoms with Gasteiger partial charge in [-0.3, -0.25) is 0 Å². The minimum atomic E-state index is -1.01. The lowest BCUT2D eigenvalue weighted by Gasteiger charge is -2.41. The molecule has 0 aliphatic heterocycles. The molecule has 1 aromatic rings. The molecule has 3 heteroatoms. The predicted octanol–water partition coefficient (Wildman–Crippen LogP) is 4.91. The zero-order valence-corrected chi connectivity index (χ0v) is 12.6. The van der Waals surface area contributed by atoms with E-state index in [1.165, 1.54) is 37.8 Å². The van der Waals surface area contributed by atoms with Crippen molar-refractivity contribution >= 4 is 0 Å². The van der Waals surface area contributed by atoms with Gasteiger partial charge in [-0.1, -0.05) is 31.7 Å². The molecular formula is C18H24F2O. The first-order chi connectivity index (χ1) is 10.1. The molecule has 1 nitrogen and oxygen atoms in total. The van der Waals surface area contributed by atoms with Gasteiger partial charge in [0.25, 0.3) is 0 Å². The van der Waals surface area contributed by atoms with Gasteiger partial charge in [0.2, 0.25) is 0 Å². The molecule has 1 N–H and O–H groups in total. The van der Waals surface area contributed by atoms with Crippen LogP contribution in [0.1, 0.15) is 62.2 Å². The Hall–Kier alpha value is -0.960. The van der Waals surface area contributed by atoms with E-state index in [4.69, 9.17) is 0 Å². The Balaban J connectivity index is 1.79. The maximum Gasteiger partial charge on any atom is 0.134 e. The van der Waals surface area contributed by atoms with E-state index in [-0.39, 0.29) is 11.5 Å². The number of hydrogen-bond donors (Lipinski definition) is 1. The van der Waals surface area contributed by atoms with Crippen LogP contribution in [0.5, 0.6) is 0 Å². The van der Waals surface area contributed by atoms with Crippen LogP contribution in [0.3, 0.4) is 0 Å². The van der Waals surface area contributed by atoms with E-state index in [1.54, 1.807) is 6.92 Å². The molecule has 2 saturated carbocycles. The van der Waals surface area contributed by atoms with Gasteiger partial charge in [-0.05, 0) is 55.6 Å². The van der Waals surface area contributed by atoms with Gasteiger partial charge in [0.15, 0.2) is 0 Å². The zero-order chi connectivity index (χ0) is 15.0. The van der Waals surface area contributed by atoms with Gasteiger partial charge in [-0.25, -0.2) is 8.78 Å². The van der Waals surface area contributed by atoms with Gasteiger partial charge in [0.1, 0.15) is 11.6 Å². The number of rotatable bonds is 2. The summed E-state index contributed by atoms with van der Waals surface area (Å²) in [5, 5.41) is 10.5. The maximum atomic E-state index is 14.2. The summed E-state index contributed by atoms with van der Waals surface area (Å²) in [4.78, 5) is 0. The molecule has 2 aliphatic rings. The molecule has 0 heterocycles. The van der Waals surface area contributed by atoms with E-state index >= 15 is 0 Å². The molecule has 0 bridgehead atoms. The number of benzene rings is 1. The van der Waals surface area contributed by atoms with E-state index in [1.807, 2.05) is 0 Å². The van der Waals surface area contributed by atoms with Gasteiger partial charge in [-0.15, -0.1) is 0 Å². The number of aliphatic hydroxyl groups is 1. The minimum Gasteiger partial charge on any atom is -0.388 e. The molecule has 0 aromatic heterocycles. The number of fused-ring (bicyclic) bond motifs is 1. The van der Waals surface area contributed by atoms with Crippen molar-refractivity contribution in [3.63, 3.8) is 0 Å². The highest BCUT2D eigenvalue weighted by molar-refractivity contribution is 5.28. The predicted molar refractivity (Wildman–Crippen MR) is 78.8 cm³/mol. The molecule has 4 atom stereocenters. The first-order valence-corrected chi connectivity index (χ1v) is 8.20. The van der Waals surface area contributed by atoms with Crippen molar-refractivity contribution in [1.29, 1.82) is 0 Å². The third kappa shape index (κ3) is 2.85. The Kier molecular flexibility index (Phi) is 4.30. The Morgan fingerprint density at radius 3 is 2.52 bits per heavy atom. The second-order valence-electron chi connectivity index (χ2n) is 6.91. The molecule has 4 unspecified atom stereocenters. The van der Waals surface area contributed by atoms with Crippen molar-refractivity contribution in [3.05, 3.63) is 34.9 Å². The maximum absolute atomic E-state index is 14.2. The molecule has 3 rings (SSSR count). The fraction of sp³-hybridized carbons (Fsp3) is 0.667. The summed E-state index contributed by atoms with van der Waals surface area (Å²) >= 11 is 0. The Bertz CT molecular complexity index is 514. The normalized spacial score (nSPS) is 30.8. The number of aryl methyl sites for hydroxylation is 1. The van der Waals surface area contributed by atoms with Gasteiger partial charge < -0.3 is 5.11 Å². The molecule has 0 spiro atoms. The largest absolute Gasteiger partial charge is 0.388 e. The van der Waals surface area contributed by atoms with E-state index < -0.39 is 17.7 Å². The fourth-order valence-electron chi connectivity index (χ4n) is 4.38. The molecule has 2 fully saturated rings. The van der Waals surface area contributed by atoms with Crippen LogP contribution in [0.2, 0.25) is 0 Å². The quantitative estimate of drug-likeness (QED) is 0.821. The van der Waals surface area contributed by atoms with Crippen LogP contribution in [0.25, 0.3) is 0 Å². The van der Waals surface area contributed by atoms with Crippen LogP contribution in [0.15, 0.2) is 12.1 Å². The molecular weight excluding hydrogens is 270 g/mol. The summed E-state index contributed by atoms with van der Waals surface area (Å²) in [7, 11) is 0. The van der Waals surface area contributed by atoms with E-state index in [0.29, 0.717) is 11.5 Å². The topological polar surface area (TPSA) is 20.2 Å². The van der Waals surface area contributed by atoms with Crippen LogP contribution in [0, 0.1) is 36.3 Å². The Morgan fingerprint density at radius 1 is 1.05 bits per heavy atom. The third-order valence-electron chi connectivity index (χ3n) is 5.64. The first kappa shape index (κ1) is 15.0. The number of aliphatic hydroxyl groups excluding tert-OH is 1.